The number of fused-ring (bicyclic) bond motifs is 1. The Morgan fingerprint density at radius 2 is 1.93 bits per heavy atom. The van der Waals surface area contributed by atoms with Gasteiger partial charge in [0.05, 0.1) is 11.8 Å². The second-order valence-electron chi connectivity index (χ2n) is 7.16. The number of ether oxygens (including phenoxy) is 1. The highest BCUT2D eigenvalue weighted by Crippen LogP contribution is 2.63. The van der Waals surface area contributed by atoms with E-state index in [9.17, 15) is 27.1 Å². The van der Waals surface area contributed by atoms with E-state index in [2.05, 4.69) is 14.8 Å². The molecule has 3 N–H and O–H groups in total. The summed E-state index contributed by atoms with van der Waals surface area (Å²) in [6, 6.07) is 2.62. The minimum atomic E-state index is -4.94. The molecule has 0 amide bonds. The molecule has 2 aromatic heterocycles. The molecule has 4 rings (SSSR count). The monoisotopic (exact) mass is 404 g/mol. The maximum Gasteiger partial charge on any atom is 0.573 e. The summed E-state index contributed by atoms with van der Waals surface area (Å²) in [5.74, 6) is -0.689. The van der Waals surface area contributed by atoms with Gasteiger partial charge in [-0.2, -0.15) is 5.10 Å². The summed E-state index contributed by atoms with van der Waals surface area (Å²) in [4.78, 5) is 3.69. The van der Waals surface area contributed by atoms with Gasteiger partial charge in [-0.05, 0) is 36.8 Å². The number of hydrogen-bond donors (Lipinski definition) is 2. The number of nitrogens with two attached hydrogens (primary N) is 1. The van der Waals surface area contributed by atoms with Crippen molar-refractivity contribution in [2.24, 2.45) is 11.8 Å². The van der Waals surface area contributed by atoms with Gasteiger partial charge in [-0.25, -0.2) is 13.8 Å². The lowest BCUT2D eigenvalue weighted by molar-refractivity contribution is -0.274. The van der Waals surface area contributed by atoms with Crippen molar-refractivity contribution in [2.75, 3.05) is 5.73 Å². The Morgan fingerprint density at radius 1 is 1.25 bits per heavy atom. The number of hydrogen-bond acceptors (Lipinski definition) is 5. The number of pyridine rings is 1. The first kappa shape index (κ1) is 18.9. The normalized spacial score (nSPS) is 26.5. The molecule has 6 nitrogen and oxygen atoms in total. The Hall–Kier alpha value is -2.43. The number of aliphatic hydroxyl groups is 1. The van der Waals surface area contributed by atoms with Crippen LogP contribution in [0, 0.1) is 11.8 Å². The third-order valence-electron chi connectivity index (χ3n) is 5.29. The number of alkyl halides is 5. The summed E-state index contributed by atoms with van der Waals surface area (Å²) >= 11 is 0. The zero-order valence-corrected chi connectivity index (χ0v) is 14.4. The average molecular weight is 404 g/mol. The second kappa shape index (κ2) is 6.57. The number of rotatable bonds is 5. The molecule has 4 atom stereocenters. The Kier molecular flexibility index (Phi) is 4.44. The number of anilines is 1. The van der Waals surface area contributed by atoms with E-state index in [0.717, 1.165) is 6.07 Å². The molecule has 2 fully saturated rings. The molecule has 11 heteroatoms. The highest BCUT2D eigenvalue weighted by molar-refractivity contribution is 5.64. The number of aromatic nitrogens is 3. The van der Waals surface area contributed by atoms with Gasteiger partial charge < -0.3 is 15.6 Å². The molecule has 0 radical (unpaired) electrons. The molecule has 0 spiro atoms. The van der Waals surface area contributed by atoms with E-state index >= 15 is 0 Å². The van der Waals surface area contributed by atoms with Crippen molar-refractivity contribution in [3.8, 4) is 17.0 Å². The van der Waals surface area contributed by atoms with E-state index in [0.29, 0.717) is 18.5 Å². The number of nitrogen functional groups attached to an aromatic ring is 1. The Morgan fingerprint density at radius 3 is 2.54 bits per heavy atom. The lowest BCUT2D eigenvalue weighted by atomic mass is 10.1. The lowest BCUT2D eigenvalue weighted by Crippen LogP contribution is -2.18. The summed E-state index contributed by atoms with van der Waals surface area (Å²) in [6.45, 7) is -0.623. The molecular formula is C17H17F5N4O2. The minimum Gasteiger partial charge on any atom is -0.402 e. The van der Waals surface area contributed by atoms with E-state index in [4.69, 9.17) is 5.73 Å². The van der Waals surface area contributed by atoms with Crippen molar-refractivity contribution in [3.63, 3.8) is 0 Å². The topological polar surface area (TPSA) is 86.2 Å². The molecular weight excluding hydrogens is 387 g/mol. The smallest absolute Gasteiger partial charge is 0.402 e. The van der Waals surface area contributed by atoms with Gasteiger partial charge in [0, 0.05) is 23.4 Å². The van der Waals surface area contributed by atoms with Crippen molar-refractivity contribution in [1.29, 1.82) is 0 Å². The van der Waals surface area contributed by atoms with Crippen molar-refractivity contribution in [2.45, 2.75) is 44.2 Å². The van der Waals surface area contributed by atoms with Crippen LogP contribution in [0.5, 0.6) is 5.75 Å². The maximum absolute atomic E-state index is 13.0. The lowest BCUT2D eigenvalue weighted by Gasteiger charge is -2.11. The van der Waals surface area contributed by atoms with Crippen LogP contribution in [0.25, 0.3) is 11.3 Å². The summed E-state index contributed by atoms with van der Waals surface area (Å²) in [5.41, 5.74) is 6.40. The van der Waals surface area contributed by atoms with Crippen molar-refractivity contribution >= 4 is 5.82 Å². The Bertz CT molecular complexity index is 873. The number of halogens is 5. The predicted molar refractivity (Wildman–Crippen MR) is 87.5 cm³/mol. The van der Waals surface area contributed by atoms with Gasteiger partial charge in [0.1, 0.15) is 6.54 Å². The molecule has 2 aromatic rings. The fourth-order valence-electron chi connectivity index (χ4n) is 4.17. The summed E-state index contributed by atoms with van der Waals surface area (Å²) in [6.07, 6.45) is -5.52. The van der Waals surface area contributed by atoms with Gasteiger partial charge in [-0.3, -0.25) is 4.68 Å². The number of aliphatic hydroxyl groups excluding tert-OH is 1. The van der Waals surface area contributed by atoms with Crippen LogP contribution in [-0.2, 0) is 6.54 Å². The fourth-order valence-corrected chi connectivity index (χ4v) is 4.17. The van der Waals surface area contributed by atoms with Crippen molar-refractivity contribution in [1.82, 2.24) is 14.8 Å². The second-order valence-corrected chi connectivity index (χ2v) is 7.16. The van der Waals surface area contributed by atoms with Gasteiger partial charge in [0.15, 0.2) is 11.6 Å². The third kappa shape index (κ3) is 3.62. The van der Waals surface area contributed by atoms with E-state index in [1.54, 1.807) is 6.07 Å². The van der Waals surface area contributed by atoms with Gasteiger partial charge in [0.25, 0.3) is 6.43 Å². The van der Waals surface area contributed by atoms with Gasteiger partial charge in [-0.15, -0.1) is 13.2 Å². The molecule has 2 aliphatic rings. The van der Waals surface area contributed by atoms with Crippen LogP contribution in [-0.4, -0.2) is 38.8 Å². The molecule has 2 unspecified atom stereocenters. The van der Waals surface area contributed by atoms with Crippen molar-refractivity contribution < 1.29 is 31.8 Å². The summed E-state index contributed by atoms with van der Waals surface area (Å²) < 4.78 is 68.5. The third-order valence-corrected chi connectivity index (χ3v) is 5.29. The summed E-state index contributed by atoms with van der Waals surface area (Å²) in [7, 11) is 0. The SMILES string of the molecule is Nc1ncc(-c2cc(C3[C@H]4CC(O)C[C@@H]34)n(CC(F)F)n2)cc1OC(F)(F)F. The van der Waals surface area contributed by atoms with Gasteiger partial charge >= 0.3 is 6.36 Å². The van der Waals surface area contributed by atoms with Crippen LogP contribution in [0.15, 0.2) is 18.3 Å². The molecule has 0 aromatic carbocycles. The molecule has 0 aliphatic heterocycles. The van der Waals surface area contributed by atoms with Crippen LogP contribution in [0.1, 0.15) is 24.5 Å². The fraction of sp³-hybridized carbons (Fsp3) is 0.529. The van der Waals surface area contributed by atoms with Gasteiger partial charge in [-0.1, -0.05) is 0 Å². The molecule has 2 heterocycles. The molecule has 0 saturated heterocycles. The highest BCUT2D eigenvalue weighted by atomic mass is 19.4. The first-order valence-electron chi connectivity index (χ1n) is 8.68. The quantitative estimate of drug-likeness (QED) is 0.748. The predicted octanol–water partition coefficient (Wildman–Crippen LogP) is 3.18. The maximum atomic E-state index is 13.0. The standard InChI is InChI=1S/C17H17F5N4O2/c18-14(19)6-26-12(15-9-2-8(27)3-10(9)15)4-11(25-26)7-1-13(16(23)24-5-7)28-17(20,21)22/h1,4-5,8-10,14-15,27H,2-3,6H2,(H2,23,24)/t8?,9-,10+,15?. The zero-order chi connectivity index (χ0) is 20.2. The van der Waals surface area contributed by atoms with E-state index < -0.39 is 30.9 Å². The van der Waals surface area contributed by atoms with Crippen LogP contribution < -0.4 is 10.5 Å². The molecule has 0 bridgehead atoms. The van der Waals surface area contributed by atoms with E-state index in [1.807, 2.05) is 0 Å². The van der Waals surface area contributed by atoms with Crippen LogP contribution in [0.3, 0.4) is 0 Å². The van der Waals surface area contributed by atoms with E-state index in [1.165, 1.54) is 10.9 Å². The molecule has 152 valence electrons. The molecule has 2 saturated carbocycles. The molecule has 28 heavy (non-hydrogen) atoms. The van der Waals surface area contributed by atoms with Crippen molar-refractivity contribution in [3.05, 3.63) is 24.0 Å². The Balaban J connectivity index is 1.66. The highest BCUT2D eigenvalue weighted by Gasteiger charge is 2.57. The van der Waals surface area contributed by atoms with Crippen LogP contribution in [0.2, 0.25) is 0 Å². The zero-order valence-electron chi connectivity index (χ0n) is 14.4. The first-order valence-corrected chi connectivity index (χ1v) is 8.68. The Labute approximate surface area is 156 Å². The number of nitrogens with zero attached hydrogens (tertiary/aromatic N) is 3. The summed E-state index contributed by atoms with van der Waals surface area (Å²) in [5, 5.41) is 13.8. The molecule has 2 aliphatic carbocycles. The van der Waals surface area contributed by atoms with Gasteiger partial charge in [0.2, 0.25) is 0 Å². The first-order chi connectivity index (χ1) is 13.1. The minimum absolute atomic E-state index is 0.0102. The average Bonchev–Trinajstić information content (AvgIpc) is 2.91. The van der Waals surface area contributed by atoms with E-state index in [-0.39, 0.29) is 35.1 Å². The largest absolute Gasteiger partial charge is 0.573 e. The van der Waals surface area contributed by atoms with Crippen LogP contribution in [0.4, 0.5) is 27.8 Å². The van der Waals surface area contributed by atoms with Crippen LogP contribution >= 0.6 is 0 Å².